The molecule has 0 amide bonds. The van der Waals surface area contributed by atoms with Gasteiger partial charge in [-0.05, 0) is 12.1 Å². The predicted molar refractivity (Wildman–Crippen MR) is 77.9 cm³/mol. The van der Waals surface area contributed by atoms with Crippen LogP contribution >= 0.6 is 0 Å². The van der Waals surface area contributed by atoms with Crippen molar-refractivity contribution in [1.82, 2.24) is 14.6 Å². The summed E-state index contributed by atoms with van der Waals surface area (Å²) in [6, 6.07) is 8.15. The largest absolute Gasteiger partial charge is 0.313 e. The average Bonchev–Trinajstić information content (AvgIpc) is 2.54. The molecule has 2 aromatic rings. The van der Waals surface area contributed by atoms with Crippen molar-refractivity contribution in [1.29, 1.82) is 5.26 Å². The van der Waals surface area contributed by atoms with Gasteiger partial charge in [-0.25, -0.2) is 8.42 Å². The Labute approximate surface area is 123 Å². The molecule has 21 heavy (non-hydrogen) atoms. The van der Waals surface area contributed by atoms with Crippen LogP contribution in [0.4, 0.5) is 0 Å². The number of fused-ring (bicyclic) bond motifs is 1. The SMILES string of the molecule is N#CC1CNCCN1S(=O)(=O)c1cccc2cnccc12. The van der Waals surface area contributed by atoms with Gasteiger partial charge in [-0.2, -0.15) is 9.57 Å². The highest BCUT2D eigenvalue weighted by atomic mass is 32.2. The Kier molecular flexibility index (Phi) is 3.59. The van der Waals surface area contributed by atoms with Crippen molar-refractivity contribution >= 4 is 20.8 Å². The molecule has 0 radical (unpaired) electrons. The third-order valence-electron chi connectivity index (χ3n) is 3.57. The van der Waals surface area contributed by atoms with E-state index in [4.69, 9.17) is 0 Å². The highest BCUT2D eigenvalue weighted by Gasteiger charge is 2.34. The summed E-state index contributed by atoms with van der Waals surface area (Å²) >= 11 is 0. The third-order valence-corrected chi connectivity index (χ3v) is 5.54. The zero-order valence-corrected chi connectivity index (χ0v) is 12.0. The van der Waals surface area contributed by atoms with Crippen molar-refractivity contribution in [2.75, 3.05) is 19.6 Å². The maximum absolute atomic E-state index is 12.9. The maximum Gasteiger partial charge on any atom is 0.244 e. The van der Waals surface area contributed by atoms with Gasteiger partial charge >= 0.3 is 0 Å². The summed E-state index contributed by atoms with van der Waals surface area (Å²) in [6.45, 7) is 1.19. The lowest BCUT2D eigenvalue weighted by atomic mass is 10.2. The molecule has 0 saturated carbocycles. The fraction of sp³-hybridized carbons (Fsp3) is 0.286. The van der Waals surface area contributed by atoms with Crippen LogP contribution in [0, 0.1) is 11.3 Å². The van der Waals surface area contributed by atoms with E-state index in [1.807, 2.05) is 12.1 Å². The van der Waals surface area contributed by atoms with Crippen LogP contribution in [0.3, 0.4) is 0 Å². The monoisotopic (exact) mass is 302 g/mol. The highest BCUT2D eigenvalue weighted by molar-refractivity contribution is 7.89. The maximum atomic E-state index is 12.9. The van der Waals surface area contributed by atoms with Crippen molar-refractivity contribution in [2.45, 2.75) is 10.9 Å². The fourth-order valence-corrected chi connectivity index (χ4v) is 4.28. The molecule has 0 spiro atoms. The molecule has 1 saturated heterocycles. The number of rotatable bonds is 2. The topological polar surface area (TPSA) is 86.1 Å². The quantitative estimate of drug-likeness (QED) is 0.883. The lowest BCUT2D eigenvalue weighted by Gasteiger charge is -2.31. The van der Waals surface area contributed by atoms with Crippen molar-refractivity contribution in [3.63, 3.8) is 0 Å². The summed E-state index contributed by atoms with van der Waals surface area (Å²) in [5.74, 6) is 0. The zero-order valence-electron chi connectivity index (χ0n) is 11.2. The molecule has 3 rings (SSSR count). The van der Waals surface area contributed by atoms with E-state index in [9.17, 15) is 13.7 Å². The molecule has 7 heteroatoms. The van der Waals surface area contributed by atoms with E-state index in [0.29, 0.717) is 25.0 Å². The number of nitriles is 1. The molecule has 1 N–H and O–H groups in total. The first-order valence-corrected chi connectivity index (χ1v) is 8.03. The van der Waals surface area contributed by atoms with Crippen molar-refractivity contribution < 1.29 is 8.42 Å². The molecule has 1 fully saturated rings. The molecular formula is C14H14N4O2S. The first-order valence-electron chi connectivity index (χ1n) is 6.59. The predicted octanol–water partition coefficient (Wildman–Crippen LogP) is 0.721. The van der Waals surface area contributed by atoms with Crippen LogP contribution in [0.1, 0.15) is 0 Å². The van der Waals surface area contributed by atoms with Gasteiger partial charge in [0.2, 0.25) is 10.0 Å². The summed E-state index contributed by atoms with van der Waals surface area (Å²) in [4.78, 5) is 4.24. The molecule has 1 atom stereocenters. The van der Waals surface area contributed by atoms with E-state index in [-0.39, 0.29) is 4.90 Å². The van der Waals surface area contributed by atoms with Crippen LogP contribution in [0.2, 0.25) is 0 Å². The number of sulfonamides is 1. The second-order valence-electron chi connectivity index (χ2n) is 4.82. The Morgan fingerprint density at radius 1 is 1.38 bits per heavy atom. The van der Waals surface area contributed by atoms with Crippen LogP contribution in [0.15, 0.2) is 41.6 Å². The lowest BCUT2D eigenvalue weighted by molar-refractivity contribution is 0.312. The van der Waals surface area contributed by atoms with Crippen LogP contribution in [0.5, 0.6) is 0 Å². The van der Waals surface area contributed by atoms with E-state index < -0.39 is 16.1 Å². The molecule has 2 heterocycles. The van der Waals surface area contributed by atoms with Crippen LogP contribution < -0.4 is 5.32 Å². The minimum absolute atomic E-state index is 0.226. The molecule has 0 aliphatic carbocycles. The smallest absolute Gasteiger partial charge is 0.244 e. The van der Waals surface area contributed by atoms with E-state index in [2.05, 4.69) is 10.3 Å². The summed E-state index contributed by atoms with van der Waals surface area (Å²) in [5.41, 5.74) is 0. The molecule has 6 nitrogen and oxygen atoms in total. The van der Waals surface area contributed by atoms with Crippen molar-refractivity contribution in [3.8, 4) is 6.07 Å². The standard InChI is InChI=1S/C14H14N4O2S/c15-8-12-10-17-6-7-18(12)21(19,20)14-3-1-2-11-9-16-5-4-13(11)14/h1-5,9,12,17H,6-7,10H2. The van der Waals surface area contributed by atoms with Crippen molar-refractivity contribution in [3.05, 3.63) is 36.7 Å². The first-order chi connectivity index (χ1) is 10.1. The molecule has 1 unspecified atom stereocenters. The number of piperazine rings is 1. The Balaban J connectivity index is 2.14. The Morgan fingerprint density at radius 2 is 2.24 bits per heavy atom. The molecule has 108 valence electrons. The number of hydrogen-bond acceptors (Lipinski definition) is 5. The molecule has 1 aromatic heterocycles. The summed E-state index contributed by atoms with van der Waals surface area (Å²) < 4.78 is 27.1. The van der Waals surface area contributed by atoms with Gasteiger partial charge in [0.1, 0.15) is 6.04 Å². The highest BCUT2D eigenvalue weighted by Crippen LogP contribution is 2.26. The lowest BCUT2D eigenvalue weighted by Crippen LogP contribution is -2.52. The summed E-state index contributed by atoms with van der Waals surface area (Å²) in [5, 5.41) is 13.6. The van der Waals surface area contributed by atoms with Crippen molar-refractivity contribution in [2.24, 2.45) is 0 Å². The van der Waals surface area contributed by atoms with Gasteiger partial charge in [-0.3, -0.25) is 4.98 Å². The summed E-state index contributed by atoms with van der Waals surface area (Å²) in [7, 11) is -3.71. The van der Waals surface area contributed by atoms with Gasteiger partial charge < -0.3 is 5.32 Å². The average molecular weight is 302 g/mol. The van der Waals surface area contributed by atoms with Crippen LogP contribution in [-0.4, -0.2) is 43.4 Å². The molecule has 1 aliphatic rings. The molecular weight excluding hydrogens is 288 g/mol. The summed E-state index contributed by atoms with van der Waals surface area (Å²) in [6.07, 6.45) is 3.20. The Morgan fingerprint density at radius 3 is 3.05 bits per heavy atom. The van der Waals surface area contributed by atoms with Crippen LogP contribution in [-0.2, 0) is 10.0 Å². The van der Waals surface area contributed by atoms with Gasteiger partial charge in [-0.15, -0.1) is 0 Å². The fourth-order valence-electron chi connectivity index (χ4n) is 2.53. The van der Waals surface area contributed by atoms with Gasteiger partial charge in [0.15, 0.2) is 0 Å². The third kappa shape index (κ3) is 2.38. The molecule has 0 bridgehead atoms. The minimum atomic E-state index is -3.71. The number of nitrogens with one attached hydrogen (secondary N) is 1. The molecule has 1 aliphatic heterocycles. The van der Waals surface area contributed by atoms with E-state index >= 15 is 0 Å². The number of pyridine rings is 1. The first kappa shape index (κ1) is 13.9. The number of hydrogen-bond donors (Lipinski definition) is 1. The van der Waals surface area contributed by atoms with Gasteiger partial charge in [0.05, 0.1) is 11.0 Å². The van der Waals surface area contributed by atoms with Gasteiger partial charge in [0, 0.05) is 42.8 Å². The number of benzene rings is 1. The number of nitrogens with zero attached hydrogens (tertiary/aromatic N) is 3. The second-order valence-corrected chi connectivity index (χ2v) is 6.68. The van der Waals surface area contributed by atoms with Gasteiger partial charge in [0.25, 0.3) is 0 Å². The Bertz CT molecular complexity index is 808. The van der Waals surface area contributed by atoms with Gasteiger partial charge in [-0.1, -0.05) is 12.1 Å². The van der Waals surface area contributed by atoms with Crippen LogP contribution in [0.25, 0.3) is 10.8 Å². The van der Waals surface area contributed by atoms with E-state index in [0.717, 1.165) is 5.39 Å². The minimum Gasteiger partial charge on any atom is -0.313 e. The normalized spacial score (nSPS) is 20.2. The molecule has 1 aromatic carbocycles. The van der Waals surface area contributed by atoms with E-state index in [1.165, 1.54) is 4.31 Å². The van der Waals surface area contributed by atoms with E-state index in [1.54, 1.807) is 30.6 Å². The number of aromatic nitrogens is 1. The second kappa shape index (κ2) is 5.41. The Hall–Kier alpha value is -2.01. The zero-order chi connectivity index (χ0) is 14.9.